The van der Waals surface area contributed by atoms with Gasteiger partial charge in [-0.3, -0.25) is 0 Å². The van der Waals surface area contributed by atoms with E-state index in [0.717, 1.165) is 23.4 Å². The Kier molecular flexibility index (Phi) is 4.38. The topological polar surface area (TPSA) is 51.8 Å². The van der Waals surface area contributed by atoms with Gasteiger partial charge in [0.2, 0.25) is 0 Å². The van der Waals surface area contributed by atoms with Gasteiger partial charge in [-0.1, -0.05) is 32.2 Å². The molecule has 2 heterocycles. The van der Waals surface area contributed by atoms with Crippen molar-refractivity contribution in [1.82, 2.24) is 9.59 Å². The minimum atomic E-state index is -0.00224. The Labute approximate surface area is 123 Å². The van der Waals surface area contributed by atoms with Gasteiger partial charge in [0.25, 0.3) is 0 Å². The summed E-state index contributed by atoms with van der Waals surface area (Å²) in [5.74, 6) is 0. The van der Waals surface area contributed by atoms with Gasteiger partial charge in [-0.2, -0.15) is 0 Å². The van der Waals surface area contributed by atoms with Crippen LogP contribution in [0.5, 0.6) is 0 Å². The van der Waals surface area contributed by atoms with E-state index in [1.807, 2.05) is 11.3 Å². The maximum Gasteiger partial charge on any atom is 0.0857 e. The molecule has 104 valence electrons. The number of hydrogen-bond donors (Lipinski definition) is 1. The maximum atomic E-state index is 6.36. The first-order valence-electron chi connectivity index (χ1n) is 6.57. The highest BCUT2D eigenvalue weighted by molar-refractivity contribution is 7.12. The highest BCUT2D eigenvalue weighted by Gasteiger charge is 2.25. The van der Waals surface area contributed by atoms with Crippen LogP contribution < -0.4 is 5.73 Å². The Morgan fingerprint density at radius 1 is 1.26 bits per heavy atom. The molecule has 0 aliphatic rings. The maximum absolute atomic E-state index is 6.36. The molecule has 3 nitrogen and oxygen atoms in total. The van der Waals surface area contributed by atoms with Crippen LogP contribution in [0, 0.1) is 0 Å². The summed E-state index contributed by atoms with van der Waals surface area (Å²) in [4.78, 5) is 3.89. The van der Waals surface area contributed by atoms with E-state index in [2.05, 4.69) is 49.4 Å². The fraction of sp³-hybridized carbons (Fsp3) is 0.571. The molecule has 5 heteroatoms. The molecule has 0 aromatic carbocycles. The number of hydrogen-bond acceptors (Lipinski definition) is 5. The van der Waals surface area contributed by atoms with Crippen molar-refractivity contribution in [2.24, 2.45) is 5.73 Å². The first kappa shape index (κ1) is 14.6. The second kappa shape index (κ2) is 5.69. The molecule has 2 aromatic heterocycles. The number of aryl methyl sites for hydroxylation is 1. The molecule has 0 fully saturated rings. The normalized spacial score (nSPS) is 13.7. The Morgan fingerprint density at radius 2 is 1.95 bits per heavy atom. The average molecular weight is 295 g/mol. The molecule has 0 radical (unpaired) electrons. The van der Waals surface area contributed by atoms with Gasteiger partial charge in [0.15, 0.2) is 0 Å². The molecule has 0 amide bonds. The largest absolute Gasteiger partial charge is 0.323 e. The van der Waals surface area contributed by atoms with Crippen molar-refractivity contribution in [3.05, 3.63) is 32.5 Å². The number of nitrogens with zero attached hydrogens (tertiary/aromatic N) is 2. The van der Waals surface area contributed by atoms with Gasteiger partial charge in [-0.05, 0) is 30.1 Å². The highest BCUT2D eigenvalue weighted by Crippen LogP contribution is 2.31. The van der Waals surface area contributed by atoms with Crippen molar-refractivity contribution in [2.45, 2.75) is 52.0 Å². The summed E-state index contributed by atoms with van der Waals surface area (Å²) in [5.41, 5.74) is 7.40. The van der Waals surface area contributed by atoms with E-state index in [1.165, 1.54) is 21.3 Å². The van der Waals surface area contributed by atoms with Crippen LogP contribution in [0.25, 0.3) is 0 Å². The third-order valence-electron chi connectivity index (χ3n) is 3.05. The van der Waals surface area contributed by atoms with Crippen molar-refractivity contribution < 1.29 is 0 Å². The van der Waals surface area contributed by atoms with E-state index in [9.17, 15) is 0 Å². The second-order valence-electron chi connectivity index (χ2n) is 5.77. The van der Waals surface area contributed by atoms with Crippen LogP contribution in [-0.4, -0.2) is 9.59 Å². The minimum Gasteiger partial charge on any atom is -0.323 e. The molecule has 0 bridgehead atoms. The van der Waals surface area contributed by atoms with Gasteiger partial charge >= 0.3 is 0 Å². The molecule has 1 unspecified atom stereocenters. The fourth-order valence-corrected chi connectivity index (χ4v) is 3.87. The van der Waals surface area contributed by atoms with Crippen molar-refractivity contribution in [3.8, 4) is 0 Å². The lowest BCUT2D eigenvalue weighted by atomic mass is 9.89. The predicted octanol–water partition coefficient (Wildman–Crippen LogP) is 3.70. The van der Waals surface area contributed by atoms with E-state index < -0.39 is 0 Å². The predicted molar refractivity (Wildman–Crippen MR) is 82.9 cm³/mol. The highest BCUT2D eigenvalue weighted by atomic mass is 32.1. The molecular weight excluding hydrogens is 274 g/mol. The molecule has 0 aliphatic carbocycles. The number of nitrogens with two attached hydrogens (primary N) is 1. The van der Waals surface area contributed by atoms with Gasteiger partial charge in [0, 0.05) is 27.6 Å². The van der Waals surface area contributed by atoms with Crippen molar-refractivity contribution in [2.75, 3.05) is 0 Å². The van der Waals surface area contributed by atoms with E-state index in [-0.39, 0.29) is 11.5 Å². The van der Waals surface area contributed by atoms with Gasteiger partial charge in [0.1, 0.15) is 0 Å². The smallest absolute Gasteiger partial charge is 0.0857 e. The standard InChI is InChI=1S/C14H21N3S2/c1-5-9-6-7-10(18-9)8-11(15)12-13(14(2,3)4)16-17-19-12/h6-7,11H,5,8,15H2,1-4H3. The molecule has 2 N–H and O–H groups in total. The first-order chi connectivity index (χ1) is 8.91. The molecular formula is C14H21N3S2. The summed E-state index contributed by atoms with van der Waals surface area (Å²) in [6.07, 6.45) is 1.97. The quantitative estimate of drug-likeness (QED) is 0.935. The van der Waals surface area contributed by atoms with Crippen LogP contribution in [0.1, 0.15) is 54.1 Å². The zero-order valence-electron chi connectivity index (χ0n) is 11.9. The van der Waals surface area contributed by atoms with Gasteiger partial charge < -0.3 is 5.73 Å². The van der Waals surface area contributed by atoms with E-state index in [1.54, 1.807) is 0 Å². The monoisotopic (exact) mass is 295 g/mol. The molecule has 2 aromatic rings. The van der Waals surface area contributed by atoms with Crippen molar-refractivity contribution in [3.63, 3.8) is 0 Å². The zero-order valence-corrected chi connectivity index (χ0v) is 13.6. The van der Waals surface area contributed by atoms with Crippen LogP contribution in [-0.2, 0) is 18.3 Å². The summed E-state index contributed by atoms with van der Waals surface area (Å²) < 4.78 is 4.09. The molecule has 0 saturated carbocycles. The molecule has 0 spiro atoms. The number of aromatic nitrogens is 2. The Hall–Kier alpha value is -0.780. The fourth-order valence-electron chi connectivity index (χ4n) is 1.99. The van der Waals surface area contributed by atoms with E-state index in [0.29, 0.717) is 0 Å². The lowest BCUT2D eigenvalue weighted by molar-refractivity contribution is 0.550. The zero-order chi connectivity index (χ0) is 14.0. The minimum absolute atomic E-state index is 0.00224. The first-order valence-corrected chi connectivity index (χ1v) is 8.16. The lowest BCUT2D eigenvalue weighted by Crippen LogP contribution is -2.20. The third-order valence-corrected chi connectivity index (χ3v) is 5.16. The van der Waals surface area contributed by atoms with Crippen molar-refractivity contribution in [1.29, 1.82) is 0 Å². The SMILES string of the molecule is CCc1ccc(CC(N)c2snnc2C(C)(C)C)s1. The van der Waals surface area contributed by atoms with Gasteiger partial charge in [-0.15, -0.1) is 16.4 Å². The van der Waals surface area contributed by atoms with Crippen molar-refractivity contribution >= 4 is 22.9 Å². The molecule has 1 atom stereocenters. The van der Waals surface area contributed by atoms with Crippen LogP contribution in [0.3, 0.4) is 0 Å². The Morgan fingerprint density at radius 3 is 2.53 bits per heavy atom. The molecule has 2 rings (SSSR count). The summed E-state index contributed by atoms with van der Waals surface area (Å²) in [5, 5.41) is 4.26. The Balaban J connectivity index is 2.16. The van der Waals surface area contributed by atoms with E-state index >= 15 is 0 Å². The average Bonchev–Trinajstić information content (AvgIpc) is 2.95. The third kappa shape index (κ3) is 3.41. The number of rotatable bonds is 4. The molecule has 0 saturated heterocycles. The van der Waals surface area contributed by atoms with E-state index in [4.69, 9.17) is 5.73 Å². The van der Waals surface area contributed by atoms with Gasteiger partial charge in [-0.25, -0.2) is 0 Å². The van der Waals surface area contributed by atoms with Crippen LogP contribution >= 0.6 is 22.9 Å². The van der Waals surface area contributed by atoms with Crippen LogP contribution in [0.2, 0.25) is 0 Å². The molecule has 19 heavy (non-hydrogen) atoms. The Bertz CT molecular complexity index is 537. The number of thiophene rings is 1. The summed E-state index contributed by atoms with van der Waals surface area (Å²) in [6.45, 7) is 8.64. The van der Waals surface area contributed by atoms with Crippen LogP contribution in [0.4, 0.5) is 0 Å². The molecule has 0 aliphatic heterocycles. The lowest BCUT2D eigenvalue weighted by Gasteiger charge is -2.19. The van der Waals surface area contributed by atoms with Gasteiger partial charge in [0.05, 0.1) is 10.6 Å². The summed E-state index contributed by atoms with van der Waals surface area (Å²) in [7, 11) is 0. The van der Waals surface area contributed by atoms with Crippen LogP contribution in [0.15, 0.2) is 12.1 Å². The summed E-state index contributed by atoms with van der Waals surface area (Å²) in [6, 6.07) is 4.38. The second-order valence-corrected chi connectivity index (χ2v) is 7.81. The summed E-state index contributed by atoms with van der Waals surface area (Å²) >= 11 is 3.29.